The lowest BCUT2D eigenvalue weighted by Crippen LogP contribution is -2.42. The first-order valence-corrected chi connectivity index (χ1v) is 10.3. The Kier molecular flexibility index (Phi) is 4.97. The Bertz CT molecular complexity index is 1040. The van der Waals surface area contributed by atoms with Crippen molar-refractivity contribution in [2.24, 2.45) is 0 Å². The third-order valence-electron chi connectivity index (χ3n) is 4.67. The lowest BCUT2D eigenvalue weighted by molar-refractivity contribution is -0.128. The summed E-state index contributed by atoms with van der Waals surface area (Å²) in [5, 5.41) is 3.42. The monoisotopic (exact) mass is 423 g/mol. The van der Waals surface area contributed by atoms with Gasteiger partial charge in [-0.15, -0.1) is 0 Å². The van der Waals surface area contributed by atoms with Crippen molar-refractivity contribution >= 4 is 44.8 Å². The van der Waals surface area contributed by atoms with Crippen molar-refractivity contribution in [3.63, 3.8) is 0 Å². The Labute approximate surface area is 170 Å². The number of anilines is 3. The maximum atomic E-state index is 12.8. The SMILES string of the molecule is Cc1cc2c(cc1NC(=O)C(C)(C)Oc1ccc(Cl)cc1)N(C)S(=O)(=O)N2C. The van der Waals surface area contributed by atoms with E-state index in [0.29, 0.717) is 27.8 Å². The van der Waals surface area contributed by atoms with Crippen LogP contribution >= 0.6 is 11.6 Å². The van der Waals surface area contributed by atoms with E-state index in [1.807, 2.05) is 6.92 Å². The van der Waals surface area contributed by atoms with Crippen molar-refractivity contribution in [3.05, 3.63) is 47.0 Å². The van der Waals surface area contributed by atoms with Gasteiger partial charge in [-0.25, -0.2) is 0 Å². The normalized spacial score (nSPS) is 15.4. The summed E-state index contributed by atoms with van der Waals surface area (Å²) in [6, 6.07) is 10.1. The van der Waals surface area contributed by atoms with E-state index < -0.39 is 15.8 Å². The number of halogens is 1. The molecule has 0 atom stereocenters. The lowest BCUT2D eigenvalue weighted by atomic mass is 10.1. The highest BCUT2D eigenvalue weighted by molar-refractivity contribution is 7.94. The molecule has 0 radical (unpaired) electrons. The molecule has 1 aliphatic rings. The molecule has 0 aliphatic carbocycles. The van der Waals surface area contributed by atoms with E-state index in [2.05, 4.69) is 5.32 Å². The summed E-state index contributed by atoms with van der Waals surface area (Å²) in [6.45, 7) is 5.12. The minimum Gasteiger partial charge on any atom is -0.478 e. The van der Waals surface area contributed by atoms with Crippen molar-refractivity contribution in [2.45, 2.75) is 26.4 Å². The van der Waals surface area contributed by atoms with Gasteiger partial charge in [0.1, 0.15) is 5.75 Å². The highest BCUT2D eigenvalue weighted by atomic mass is 35.5. The molecule has 0 fully saturated rings. The van der Waals surface area contributed by atoms with Crippen LogP contribution < -0.4 is 18.7 Å². The van der Waals surface area contributed by atoms with Crippen LogP contribution in [0, 0.1) is 6.92 Å². The molecule has 0 spiro atoms. The highest BCUT2D eigenvalue weighted by Gasteiger charge is 2.37. The number of hydrogen-bond donors (Lipinski definition) is 1. The molecule has 0 saturated carbocycles. The quantitative estimate of drug-likeness (QED) is 0.815. The molecule has 1 heterocycles. The fourth-order valence-electron chi connectivity index (χ4n) is 2.87. The van der Waals surface area contributed by atoms with Crippen molar-refractivity contribution in [3.8, 4) is 5.75 Å². The number of nitrogens with zero attached hydrogens (tertiary/aromatic N) is 2. The van der Waals surface area contributed by atoms with Crippen LogP contribution in [0.1, 0.15) is 19.4 Å². The molecule has 9 heteroatoms. The van der Waals surface area contributed by atoms with E-state index in [0.717, 1.165) is 5.56 Å². The second-order valence-corrected chi connectivity index (χ2v) is 9.55. The number of aryl methyl sites for hydroxylation is 1. The van der Waals surface area contributed by atoms with Gasteiger partial charge in [0.2, 0.25) is 0 Å². The standard InChI is InChI=1S/C19H22ClN3O4S/c1-12-10-16-17(23(5)28(25,26)22(16)4)11-15(12)21-18(24)19(2,3)27-14-8-6-13(20)7-9-14/h6-11H,1-5H3,(H,21,24). The maximum absolute atomic E-state index is 12.8. The van der Waals surface area contributed by atoms with Crippen LogP contribution in [0.15, 0.2) is 36.4 Å². The Morgan fingerprint density at radius 2 is 1.61 bits per heavy atom. The number of nitrogens with one attached hydrogen (secondary N) is 1. The molecule has 2 aromatic carbocycles. The summed E-state index contributed by atoms with van der Waals surface area (Å²) < 4.78 is 32.8. The molecule has 0 bridgehead atoms. The molecule has 1 amide bonds. The van der Waals surface area contributed by atoms with Gasteiger partial charge in [0.25, 0.3) is 5.91 Å². The number of ether oxygens (including phenoxy) is 1. The molecule has 0 aromatic heterocycles. The third kappa shape index (κ3) is 3.49. The number of fused-ring (bicyclic) bond motifs is 1. The summed E-state index contributed by atoms with van der Waals surface area (Å²) in [7, 11) is -0.602. The Morgan fingerprint density at radius 1 is 1.07 bits per heavy atom. The predicted molar refractivity (Wildman–Crippen MR) is 112 cm³/mol. The van der Waals surface area contributed by atoms with E-state index in [9.17, 15) is 13.2 Å². The van der Waals surface area contributed by atoms with Gasteiger partial charge in [-0.05, 0) is 62.7 Å². The first kappa shape index (κ1) is 20.3. The van der Waals surface area contributed by atoms with Gasteiger partial charge in [0.05, 0.1) is 11.4 Å². The van der Waals surface area contributed by atoms with Gasteiger partial charge in [-0.2, -0.15) is 8.42 Å². The topological polar surface area (TPSA) is 79.0 Å². The molecule has 2 aromatic rings. The lowest BCUT2D eigenvalue weighted by Gasteiger charge is -2.26. The third-order valence-corrected chi connectivity index (χ3v) is 6.70. The number of carbonyl (C=O) groups is 1. The Balaban J connectivity index is 1.85. The van der Waals surface area contributed by atoms with Crippen molar-refractivity contribution in [2.75, 3.05) is 28.0 Å². The Morgan fingerprint density at radius 3 is 2.18 bits per heavy atom. The maximum Gasteiger partial charge on any atom is 0.326 e. The fourth-order valence-corrected chi connectivity index (χ4v) is 4.15. The molecular weight excluding hydrogens is 402 g/mol. The zero-order chi connectivity index (χ0) is 20.9. The van der Waals surface area contributed by atoms with E-state index in [-0.39, 0.29) is 5.91 Å². The molecule has 150 valence electrons. The zero-order valence-electron chi connectivity index (χ0n) is 16.3. The van der Waals surface area contributed by atoms with Crippen molar-refractivity contribution < 1.29 is 17.9 Å². The summed E-state index contributed by atoms with van der Waals surface area (Å²) in [5.74, 6) is 0.157. The van der Waals surface area contributed by atoms with E-state index in [1.54, 1.807) is 50.2 Å². The van der Waals surface area contributed by atoms with Gasteiger partial charge in [0.15, 0.2) is 5.60 Å². The molecule has 0 saturated heterocycles. The molecule has 1 aliphatic heterocycles. The smallest absolute Gasteiger partial charge is 0.326 e. The molecule has 0 unspecified atom stereocenters. The number of carbonyl (C=O) groups excluding carboxylic acids is 1. The zero-order valence-corrected chi connectivity index (χ0v) is 17.9. The van der Waals surface area contributed by atoms with E-state index in [1.165, 1.54) is 22.7 Å². The van der Waals surface area contributed by atoms with Crippen LogP contribution in [0.3, 0.4) is 0 Å². The number of rotatable bonds is 4. The second-order valence-electron chi connectivity index (χ2n) is 7.12. The van der Waals surface area contributed by atoms with Crippen molar-refractivity contribution in [1.82, 2.24) is 0 Å². The summed E-state index contributed by atoms with van der Waals surface area (Å²) in [4.78, 5) is 12.8. The van der Waals surface area contributed by atoms with Crippen LogP contribution in [0.2, 0.25) is 5.02 Å². The van der Waals surface area contributed by atoms with Crippen LogP contribution in [-0.2, 0) is 15.0 Å². The van der Waals surface area contributed by atoms with Crippen LogP contribution in [-0.4, -0.2) is 34.0 Å². The molecule has 28 heavy (non-hydrogen) atoms. The average molecular weight is 424 g/mol. The Hall–Kier alpha value is -2.45. The van der Waals surface area contributed by atoms with E-state index in [4.69, 9.17) is 16.3 Å². The first-order valence-electron chi connectivity index (χ1n) is 8.57. The van der Waals surface area contributed by atoms with Gasteiger partial charge in [-0.3, -0.25) is 13.4 Å². The highest BCUT2D eigenvalue weighted by Crippen LogP contribution is 2.42. The predicted octanol–water partition coefficient (Wildman–Crippen LogP) is 3.58. The fraction of sp³-hybridized carbons (Fsp3) is 0.316. The molecular formula is C19H22ClN3O4S. The minimum atomic E-state index is -3.58. The van der Waals surface area contributed by atoms with Crippen LogP contribution in [0.5, 0.6) is 5.75 Å². The van der Waals surface area contributed by atoms with Gasteiger partial charge in [0, 0.05) is 24.8 Å². The van der Waals surface area contributed by atoms with Gasteiger partial charge in [-0.1, -0.05) is 11.6 Å². The van der Waals surface area contributed by atoms with Crippen LogP contribution in [0.4, 0.5) is 17.1 Å². The first-order chi connectivity index (χ1) is 12.9. The summed E-state index contributed by atoms with van der Waals surface area (Å²) in [6.07, 6.45) is 0. The van der Waals surface area contributed by atoms with Crippen LogP contribution in [0.25, 0.3) is 0 Å². The number of benzene rings is 2. The van der Waals surface area contributed by atoms with Crippen molar-refractivity contribution in [1.29, 1.82) is 0 Å². The average Bonchev–Trinajstić information content (AvgIpc) is 2.78. The number of amides is 1. The van der Waals surface area contributed by atoms with E-state index >= 15 is 0 Å². The molecule has 3 rings (SSSR count). The van der Waals surface area contributed by atoms with Gasteiger partial charge >= 0.3 is 10.2 Å². The molecule has 7 nitrogen and oxygen atoms in total. The number of hydrogen-bond acceptors (Lipinski definition) is 4. The largest absolute Gasteiger partial charge is 0.478 e. The minimum absolute atomic E-state index is 0.359. The second kappa shape index (κ2) is 6.86. The molecule has 1 N–H and O–H groups in total. The summed E-state index contributed by atoms with van der Waals surface area (Å²) >= 11 is 5.87. The summed E-state index contributed by atoms with van der Waals surface area (Å²) in [5.41, 5.74) is 1.17. The van der Waals surface area contributed by atoms with Gasteiger partial charge < -0.3 is 10.1 Å².